The molecule has 1 aromatic rings. The molecule has 1 fully saturated rings. The average molecular weight is 292 g/mol. The van der Waals surface area contributed by atoms with E-state index in [0.29, 0.717) is 6.04 Å². The minimum atomic E-state index is -0.164. The largest absolute Gasteiger partial charge is 0.488 e. The molecule has 21 heavy (non-hydrogen) atoms. The minimum absolute atomic E-state index is 0.164. The molecule has 1 N–H and O–H groups in total. The van der Waals surface area contributed by atoms with Gasteiger partial charge in [-0.05, 0) is 57.6 Å². The number of fused-ring (bicyclic) bond motifs is 1. The monoisotopic (exact) mass is 292 g/mol. The summed E-state index contributed by atoms with van der Waals surface area (Å²) in [4.78, 5) is 2.58. The van der Waals surface area contributed by atoms with Gasteiger partial charge in [-0.25, -0.2) is 4.39 Å². The number of likely N-dealkylation sites (tertiary alicyclic amines) is 1. The Labute approximate surface area is 126 Å². The molecule has 116 valence electrons. The number of nitrogens with zero attached hydrogens (tertiary/aromatic N) is 1. The molecule has 0 amide bonds. The van der Waals surface area contributed by atoms with E-state index in [0.717, 1.165) is 30.8 Å². The van der Waals surface area contributed by atoms with Crippen LogP contribution in [0.4, 0.5) is 4.39 Å². The molecule has 4 heteroatoms. The Bertz CT molecular complexity index is 480. The highest BCUT2D eigenvalue weighted by molar-refractivity contribution is 5.37. The molecule has 2 unspecified atom stereocenters. The van der Waals surface area contributed by atoms with Gasteiger partial charge in [0.25, 0.3) is 0 Å². The van der Waals surface area contributed by atoms with Crippen molar-refractivity contribution in [3.05, 3.63) is 29.6 Å². The smallest absolute Gasteiger partial charge is 0.123 e. The summed E-state index contributed by atoms with van der Waals surface area (Å²) in [5.41, 5.74) is 1.02. The number of benzene rings is 1. The first kappa shape index (κ1) is 14.8. The van der Waals surface area contributed by atoms with Crippen LogP contribution in [0.5, 0.6) is 5.75 Å². The fourth-order valence-corrected chi connectivity index (χ4v) is 3.59. The molecule has 3 rings (SSSR count). The lowest BCUT2D eigenvalue weighted by Gasteiger charge is -2.37. The fraction of sp³-hybridized carbons (Fsp3) is 0.647. The zero-order valence-corrected chi connectivity index (χ0v) is 12.8. The Balaban J connectivity index is 1.58. The Morgan fingerprint density at radius 1 is 1.38 bits per heavy atom. The molecule has 0 radical (unpaired) electrons. The summed E-state index contributed by atoms with van der Waals surface area (Å²) in [6, 6.07) is 5.52. The highest BCUT2D eigenvalue weighted by Gasteiger charge is 2.29. The second kappa shape index (κ2) is 6.75. The number of rotatable bonds is 5. The van der Waals surface area contributed by atoms with Crippen molar-refractivity contribution < 1.29 is 9.13 Å². The third-order valence-corrected chi connectivity index (χ3v) is 4.68. The Kier molecular flexibility index (Phi) is 4.76. The van der Waals surface area contributed by atoms with Crippen LogP contribution in [0.15, 0.2) is 18.2 Å². The molecular weight excluding hydrogens is 267 g/mol. The van der Waals surface area contributed by atoms with E-state index in [1.165, 1.54) is 38.3 Å². The van der Waals surface area contributed by atoms with Crippen LogP contribution in [0.1, 0.15) is 31.2 Å². The molecule has 2 aliphatic rings. The van der Waals surface area contributed by atoms with Crippen LogP contribution < -0.4 is 10.1 Å². The van der Waals surface area contributed by atoms with Crippen molar-refractivity contribution in [2.75, 3.05) is 26.7 Å². The van der Waals surface area contributed by atoms with Gasteiger partial charge in [0.1, 0.15) is 17.7 Å². The first-order valence-corrected chi connectivity index (χ1v) is 8.10. The normalized spacial score (nSPS) is 25.6. The summed E-state index contributed by atoms with van der Waals surface area (Å²) in [5, 5.41) is 3.25. The van der Waals surface area contributed by atoms with Gasteiger partial charge in [0.2, 0.25) is 0 Å². The summed E-state index contributed by atoms with van der Waals surface area (Å²) < 4.78 is 19.3. The lowest BCUT2D eigenvalue weighted by molar-refractivity contribution is 0.0861. The van der Waals surface area contributed by atoms with Gasteiger partial charge in [-0.15, -0.1) is 0 Å². The van der Waals surface area contributed by atoms with Crippen molar-refractivity contribution >= 4 is 0 Å². The molecule has 2 atom stereocenters. The number of ether oxygens (including phenoxy) is 1. The van der Waals surface area contributed by atoms with Gasteiger partial charge >= 0.3 is 0 Å². The number of hydrogen-bond acceptors (Lipinski definition) is 3. The van der Waals surface area contributed by atoms with Crippen LogP contribution in [-0.2, 0) is 6.42 Å². The van der Waals surface area contributed by atoms with Crippen molar-refractivity contribution in [3.63, 3.8) is 0 Å². The standard InChI is InChI=1S/C17H25FN2O/c1-19-8-7-15-4-2-3-9-20(15)12-16-11-13-10-14(18)5-6-17(13)21-16/h5-6,10,15-16,19H,2-4,7-9,11-12H2,1H3. The van der Waals surface area contributed by atoms with E-state index in [-0.39, 0.29) is 11.9 Å². The average Bonchev–Trinajstić information content (AvgIpc) is 2.87. The highest BCUT2D eigenvalue weighted by atomic mass is 19.1. The van der Waals surface area contributed by atoms with Crippen LogP contribution in [0.3, 0.4) is 0 Å². The summed E-state index contributed by atoms with van der Waals surface area (Å²) in [6.07, 6.45) is 6.12. The minimum Gasteiger partial charge on any atom is -0.488 e. The van der Waals surface area contributed by atoms with Gasteiger partial charge in [-0.2, -0.15) is 0 Å². The number of piperidine rings is 1. The second-order valence-electron chi connectivity index (χ2n) is 6.23. The molecule has 2 heterocycles. The molecule has 3 nitrogen and oxygen atoms in total. The van der Waals surface area contributed by atoms with Crippen LogP contribution in [-0.4, -0.2) is 43.7 Å². The van der Waals surface area contributed by atoms with E-state index < -0.39 is 0 Å². The summed E-state index contributed by atoms with van der Waals surface area (Å²) in [5.74, 6) is 0.702. The van der Waals surface area contributed by atoms with Crippen LogP contribution in [0, 0.1) is 5.82 Å². The molecular formula is C17H25FN2O. The van der Waals surface area contributed by atoms with Crippen LogP contribution in [0.25, 0.3) is 0 Å². The zero-order valence-electron chi connectivity index (χ0n) is 12.8. The third kappa shape index (κ3) is 3.55. The van der Waals surface area contributed by atoms with Gasteiger partial charge in [-0.1, -0.05) is 6.42 Å². The second-order valence-corrected chi connectivity index (χ2v) is 6.23. The molecule has 2 aliphatic heterocycles. The predicted molar refractivity (Wildman–Crippen MR) is 82.3 cm³/mol. The molecule has 0 aliphatic carbocycles. The maximum absolute atomic E-state index is 13.3. The van der Waals surface area contributed by atoms with Gasteiger partial charge in [-0.3, -0.25) is 4.90 Å². The van der Waals surface area contributed by atoms with E-state index in [1.807, 2.05) is 7.05 Å². The van der Waals surface area contributed by atoms with Gasteiger partial charge in [0.15, 0.2) is 0 Å². The van der Waals surface area contributed by atoms with E-state index in [2.05, 4.69) is 10.2 Å². The zero-order chi connectivity index (χ0) is 14.7. The first-order chi connectivity index (χ1) is 10.3. The maximum Gasteiger partial charge on any atom is 0.123 e. The Morgan fingerprint density at radius 2 is 2.29 bits per heavy atom. The van der Waals surface area contributed by atoms with Gasteiger partial charge in [0.05, 0.1) is 0 Å². The maximum atomic E-state index is 13.3. The highest BCUT2D eigenvalue weighted by Crippen LogP contribution is 2.30. The molecule has 1 aromatic carbocycles. The first-order valence-electron chi connectivity index (χ1n) is 8.10. The van der Waals surface area contributed by atoms with E-state index >= 15 is 0 Å². The molecule has 0 saturated carbocycles. The molecule has 1 saturated heterocycles. The summed E-state index contributed by atoms with van der Waals surface area (Å²) in [7, 11) is 2.01. The van der Waals surface area contributed by atoms with Crippen molar-refractivity contribution in [1.29, 1.82) is 0 Å². The van der Waals surface area contributed by atoms with E-state index in [1.54, 1.807) is 12.1 Å². The summed E-state index contributed by atoms with van der Waals surface area (Å²) in [6.45, 7) is 3.20. The molecule has 0 bridgehead atoms. The number of hydrogen-bond donors (Lipinski definition) is 1. The van der Waals surface area contributed by atoms with Crippen molar-refractivity contribution in [2.45, 2.75) is 44.2 Å². The lowest BCUT2D eigenvalue weighted by Crippen LogP contribution is -2.45. The Morgan fingerprint density at radius 3 is 3.14 bits per heavy atom. The van der Waals surface area contributed by atoms with Gasteiger partial charge in [0, 0.05) is 24.6 Å². The number of halogens is 1. The fourth-order valence-electron chi connectivity index (χ4n) is 3.59. The van der Waals surface area contributed by atoms with Crippen molar-refractivity contribution in [3.8, 4) is 5.75 Å². The topological polar surface area (TPSA) is 24.5 Å². The van der Waals surface area contributed by atoms with Crippen LogP contribution in [0.2, 0.25) is 0 Å². The Hall–Kier alpha value is -1.13. The predicted octanol–water partition coefficient (Wildman–Crippen LogP) is 2.59. The lowest BCUT2D eigenvalue weighted by atomic mass is 9.98. The van der Waals surface area contributed by atoms with E-state index in [4.69, 9.17) is 4.74 Å². The SMILES string of the molecule is CNCCC1CCCCN1CC1Cc2cc(F)ccc2O1. The number of nitrogens with one attached hydrogen (secondary N) is 1. The third-order valence-electron chi connectivity index (χ3n) is 4.68. The van der Waals surface area contributed by atoms with Crippen molar-refractivity contribution in [1.82, 2.24) is 10.2 Å². The van der Waals surface area contributed by atoms with Crippen LogP contribution >= 0.6 is 0 Å². The molecule has 0 aromatic heterocycles. The van der Waals surface area contributed by atoms with Gasteiger partial charge < -0.3 is 10.1 Å². The quantitative estimate of drug-likeness (QED) is 0.903. The summed E-state index contributed by atoms with van der Waals surface area (Å²) >= 11 is 0. The molecule has 0 spiro atoms. The van der Waals surface area contributed by atoms with Crippen molar-refractivity contribution in [2.24, 2.45) is 0 Å². The van der Waals surface area contributed by atoms with E-state index in [9.17, 15) is 4.39 Å².